The molecule has 2 rings (SSSR count). The fourth-order valence-corrected chi connectivity index (χ4v) is 3.09. The lowest BCUT2D eigenvalue weighted by atomic mass is 9.83. The van der Waals surface area contributed by atoms with Crippen molar-refractivity contribution < 1.29 is 9.59 Å². The number of rotatable bonds is 5. The topological polar surface area (TPSA) is 84.2 Å². The lowest BCUT2D eigenvalue weighted by Crippen LogP contribution is -2.35. The standard InChI is InChI=1S/C18H27N3O2/c1-3-20-18(23)14-9-8-12(2)16(10-14)21-17(22)11-13-6-4-5-7-15(13)19/h8-10,13,15H,3-7,11,19H2,1-2H3,(H,20,23)(H,21,22). The molecule has 2 unspecified atom stereocenters. The number of aryl methyl sites for hydroxylation is 1. The molecule has 1 aliphatic carbocycles. The van der Waals surface area contributed by atoms with Gasteiger partial charge in [-0.1, -0.05) is 18.9 Å². The van der Waals surface area contributed by atoms with Crippen LogP contribution in [0.3, 0.4) is 0 Å². The van der Waals surface area contributed by atoms with Gasteiger partial charge in [0.1, 0.15) is 0 Å². The van der Waals surface area contributed by atoms with Crippen molar-refractivity contribution in [2.75, 3.05) is 11.9 Å². The number of carbonyl (C=O) groups excluding carboxylic acids is 2. The van der Waals surface area contributed by atoms with Gasteiger partial charge < -0.3 is 16.4 Å². The fourth-order valence-electron chi connectivity index (χ4n) is 3.09. The van der Waals surface area contributed by atoms with Crippen LogP contribution in [0.5, 0.6) is 0 Å². The van der Waals surface area contributed by atoms with Crippen molar-refractivity contribution in [3.63, 3.8) is 0 Å². The molecule has 1 aliphatic rings. The van der Waals surface area contributed by atoms with Crippen LogP contribution in [0.15, 0.2) is 18.2 Å². The van der Waals surface area contributed by atoms with Crippen LogP contribution in [-0.4, -0.2) is 24.4 Å². The van der Waals surface area contributed by atoms with Gasteiger partial charge in [0.25, 0.3) is 5.91 Å². The molecule has 0 heterocycles. The summed E-state index contributed by atoms with van der Waals surface area (Å²) >= 11 is 0. The maximum Gasteiger partial charge on any atom is 0.251 e. The second-order valence-corrected chi connectivity index (χ2v) is 6.35. The minimum Gasteiger partial charge on any atom is -0.352 e. The molecule has 0 aliphatic heterocycles. The smallest absolute Gasteiger partial charge is 0.251 e. The second kappa shape index (κ2) is 8.11. The SMILES string of the molecule is CCNC(=O)c1ccc(C)c(NC(=O)CC2CCCCC2N)c1. The summed E-state index contributed by atoms with van der Waals surface area (Å²) < 4.78 is 0. The van der Waals surface area contributed by atoms with Crippen LogP contribution in [0, 0.1) is 12.8 Å². The zero-order valence-corrected chi connectivity index (χ0v) is 14.0. The van der Waals surface area contributed by atoms with Crippen LogP contribution >= 0.6 is 0 Å². The molecule has 0 bridgehead atoms. The maximum atomic E-state index is 12.3. The average molecular weight is 317 g/mol. The van der Waals surface area contributed by atoms with Crippen LogP contribution in [0.1, 0.15) is 54.9 Å². The maximum absolute atomic E-state index is 12.3. The molecule has 0 aromatic heterocycles. The first-order chi connectivity index (χ1) is 11.0. The highest BCUT2D eigenvalue weighted by atomic mass is 16.2. The molecule has 1 fully saturated rings. The Balaban J connectivity index is 2.02. The lowest BCUT2D eigenvalue weighted by Gasteiger charge is -2.28. The normalized spacial score (nSPS) is 20.8. The molecule has 0 spiro atoms. The predicted octanol–water partition coefficient (Wildman–Crippen LogP) is 2.59. The molecule has 0 radical (unpaired) electrons. The molecule has 23 heavy (non-hydrogen) atoms. The van der Waals surface area contributed by atoms with E-state index in [0.29, 0.717) is 24.2 Å². The van der Waals surface area contributed by atoms with E-state index in [4.69, 9.17) is 5.73 Å². The molecule has 1 saturated carbocycles. The van der Waals surface area contributed by atoms with Gasteiger partial charge in [-0.05, 0) is 50.3 Å². The van der Waals surface area contributed by atoms with E-state index >= 15 is 0 Å². The Morgan fingerprint density at radius 1 is 1.26 bits per heavy atom. The third-order valence-corrected chi connectivity index (χ3v) is 4.53. The number of nitrogens with one attached hydrogen (secondary N) is 2. The van der Waals surface area contributed by atoms with Gasteiger partial charge in [0.2, 0.25) is 5.91 Å². The summed E-state index contributed by atoms with van der Waals surface area (Å²) in [6.07, 6.45) is 4.78. The average Bonchev–Trinajstić information content (AvgIpc) is 2.52. The van der Waals surface area contributed by atoms with Gasteiger partial charge in [0.05, 0.1) is 0 Å². The van der Waals surface area contributed by atoms with Crippen molar-refractivity contribution in [1.29, 1.82) is 0 Å². The minimum atomic E-state index is -0.127. The van der Waals surface area contributed by atoms with Crippen molar-refractivity contribution in [3.8, 4) is 0 Å². The Hall–Kier alpha value is -1.88. The van der Waals surface area contributed by atoms with Crippen molar-refractivity contribution in [1.82, 2.24) is 5.32 Å². The Labute approximate surface area is 138 Å². The Kier molecular flexibility index (Phi) is 6.16. The zero-order chi connectivity index (χ0) is 16.8. The van der Waals surface area contributed by atoms with Gasteiger partial charge in [-0.3, -0.25) is 9.59 Å². The first kappa shape index (κ1) is 17.5. The van der Waals surface area contributed by atoms with E-state index in [1.165, 1.54) is 0 Å². The highest BCUT2D eigenvalue weighted by molar-refractivity contribution is 5.97. The molecule has 5 heteroatoms. The number of benzene rings is 1. The summed E-state index contributed by atoms with van der Waals surface area (Å²) in [5.41, 5.74) is 8.31. The van der Waals surface area contributed by atoms with E-state index in [1.54, 1.807) is 12.1 Å². The van der Waals surface area contributed by atoms with Crippen molar-refractivity contribution in [2.24, 2.45) is 11.7 Å². The third kappa shape index (κ3) is 4.79. The summed E-state index contributed by atoms with van der Waals surface area (Å²) in [7, 11) is 0. The Morgan fingerprint density at radius 3 is 2.70 bits per heavy atom. The first-order valence-corrected chi connectivity index (χ1v) is 8.45. The largest absolute Gasteiger partial charge is 0.352 e. The number of anilines is 1. The van der Waals surface area contributed by atoms with Gasteiger partial charge in [0.15, 0.2) is 0 Å². The number of nitrogens with two attached hydrogens (primary N) is 1. The molecule has 4 N–H and O–H groups in total. The summed E-state index contributed by atoms with van der Waals surface area (Å²) in [6, 6.07) is 5.48. The van der Waals surface area contributed by atoms with E-state index in [9.17, 15) is 9.59 Å². The Morgan fingerprint density at radius 2 is 2.00 bits per heavy atom. The van der Waals surface area contributed by atoms with Gasteiger partial charge >= 0.3 is 0 Å². The number of hydrogen-bond donors (Lipinski definition) is 3. The van der Waals surface area contributed by atoms with Gasteiger partial charge in [-0.25, -0.2) is 0 Å². The summed E-state index contributed by atoms with van der Waals surface area (Å²) in [6.45, 7) is 4.37. The van der Waals surface area contributed by atoms with E-state index in [1.807, 2.05) is 19.9 Å². The van der Waals surface area contributed by atoms with Crippen LogP contribution in [0.25, 0.3) is 0 Å². The minimum absolute atomic E-state index is 0.0245. The van der Waals surface area contributed by atoms with Crippen molar-refractivity contribution in [2.45, 2.75) is 52.0 Å². The van der Waals surface area contributed by atoms with Crippen LogP contribution in [-0.2, 0) is 4.79 Å². The van der Waals surface area contributed by atoms with Crippen molar-refractivity contribution >= 4 is 17.5 Å². The Bertz CT molecular complexity index is 571. The molecular weight excluding hydrogens is 290 g/mol. The number of amides is 2. The summed E-state index contributed by atoms with van der Waals surface area (Å²) in [5, 5.41) is 5.71. The summed E-state index contributed by atoms with van der Waals surface area (Å²) in [4.78, 5) is 24.2. The fraction of sp³-hybridized carbons (Fsp3) is 0.556. The third-order valence-electron chi connectivity index (χ3n) is 4.53. The van der Waals surface area contributed by atoms with Crippen LogP contribution in [0.2, 0.25) is 0 Å². The predicted molar refractivity (Wildman–Crippen MR) is 92.4 cm³/mol. The zero-order valence-electron chi connectivity index (χ0n) is 14.0. The number of carbonyl (C=O) groups is 2. The molecule has 2 amide bonds. The highest BCUT2D eigenvalue weighted by Gasteiger charge is 2.24. The van der Waals surface area contributed by atoms with Crippen LogP contribution in [0.4, 0.5) is 5.69 Å². The molecule has 1 aromatic carbocycles. The summed E-state index contributed by atoms with van der Waals surface area (Å²) in [5.74, 6) is 0.108. The monoisotopic (exact) mass is 317 g/mol. The second-order valence-electron chi connectivity index (χ2n) is 6.35. The van der Waals surface area contributed by atoms with Gasteiger partial charge in [-0.2, -0.15) is 0 Å². The molecule has 0 saturated heterocycles. The molecule has 126 valence electrons. The van der Waals surface area contributed by atoms with Gasteiger partial charge in [0, 0.05) is 30.3 Å². The highest BCUT2D eigenvalue weighted by Crippen LogP contribution is 2.26. The number of hydrogen-bond acceptors (Lipinski definition) is 3. The van der Waals surface area contributed by atoms with Crippen molar-refractivity contribution in [3.05, 3.63) is 29.3 Å². The van der Waals surface area contributed by atoms with E-state index in [-0.39, 0.29) is 23.8 Å². The quantitative estimate of drug-likeness (QED) is 0.780. The molecule has 5 nitrogen and oxygen atoms in total. The van der Waals surface area contributed by atoms with E-state index in [0.717, 1.165) is 31.2 Å². The lowest BCUT2D eigenvalue weighted by molar-refractivity contribution is -0.117. The molecule has 1 aromatic rings. The van der Waals surface area contributed by atoms with E-state index in [2.05, 4.69) is 10.6 Å². The van der Waals surface area contributed by atoms with Gasteiger partial charge in [-0.15, -0.1) is 0 Å². The van der Waals surface area contributed by atoms with E-state index < -0.39 is 0 Å². The molecule has 2 atom stereocenters. The van der Waals surface area contributed by atoms with Crippen LogP contribution < -0.4 is 16.4 Å². The first-order valence-electron chi connectivity index (χ1n) is 8.45. The molecular formula is C18H27N3O2.